The fraction of sp³-hybridized carbons (Fsp3) is 0.186. The van der Waals surface area contributed by atoms with Crippen molar-refractivity contribution in [1.82, 2.24) is 24.5 Å². The summed E-state index contributed by atoms with van der Waals surface area (Å²) in [6, 6.07) is 55.2. The monoisotopic (exact) mass is 1040 g/mol. The molecule has 0 bridgehead atoms. The second-order valence-corrected chi connectivity index (χ2v) is 18.3. The van der Waals surface area contributed by atoms with Gasteiger partial charge in [-0.3, -0.25) is 15.0 Å². The van der Waals surface area contributed by atoms with Crippen LogP contribution in [0.2, 0.25) is 0 Å². The Kier molecular flexibility index (Phi) is 11.0. The van der Waals surface area contributed by atoms with E-state index < -0.39 is 6.85 Å². The average molecular weight is 1040 g/mol. The van der Waals surface area contributed by atoms with Crippen LogP contribution >= 0.6 is 0 Å². The normalized spacial score (nSPS) is 12.7. The molecular formula is C59H51IrN5O-2. The van der Waals surface area contributed by atoms with Gasteiger partial charge in [-0.05, 0) is 88.3 Å². The molecule has 0 N–H and O–H groups in total. The first-order chi connectivity index (χ1) is 32.7. The van der Waals surface area contributed by atoms with Gasteiger partial charge in [0.15, 0.2) is 0 Å². The van der Waals surface area contributed by atoms with Gasteiger partial charge in [0.25, 0.3) is 0 Å². The summed E-state index contributed by atoms with van der Waals surface area (Å²) in [4.78, 5) is 19.2. The predicted octanol–water partition coefficient (Wildman–Crippen LogP) is 15.6. The quantitative estimate of drug-likeness (QED) is 0.123. The second kappa shape index (κ2) is 17.9. The van der Waals surface area contributed by atoms with E-state index in [4.69, 9.17) is 18.5 Å². The average Bonchev–Trinajstić information content (AvgIpc) is 3.91. The summed E-state index contributed by atoms with van der Waals surface area (Å²) in [5.41, 5.74) is 12.8. The number of imidazole rings is 1. The van der Waals surface area contributed by atoms with Crippen molar-refractivity contribution in [2.24, 2.45) is 0 Å². The van der Waals surface area contributed by atoms with E-state index in [1.807, 2.05) is 72.9 Å². The number of rotatable bonds is 6. The van der Waals surface area contributed by atoms with Crippen LogP contribution in [0.3, 0.4) is 0 Å². The summed E-state index contributed by atoms with van der Waals surface area (Å²) < 4.78 is 33.3. The third kappa shape index (κ3) is 8.12. The van der Waals surface area contributed by atoms with E-state index in [-0.39, 0.29) is 37.4 Å². The number of furan rings is 1. The zero-order chi connectivity index (χ0) is 47.5. The molecular weight excluding hydrogens is 987 g/mol. The van der Waals surface area contributed by atoms with Crippen LogP contribution in [0.15, 0.2) is 156 Å². The van der Waals surface area contributed by atoms with Crippen LogP contribution in [-0.2, 0) is 25.5 Å². The number of aryl methyl sites for hydroxylation is 1. The van der Waals surface area contributed by atoms with Crippen molar-refractivity contribution in [3.05, 3.63) is 186 Å². The molecule has 0 saturated heterocycles. The number of pyridine rings is 1. The Bertz CT molecular complexity index is 3640. The van der Waals surface area contributed by atoms with Gasteiger partial charge in [-0.2, -0.15) is 0 Å². The molecule has 0 aliphatic carbocycles. The first kappa shape index (κ1) is 40.7. The molecule has 0 aliphatic heterocycles. The van der Waals surface area contributed by atoms with Gasteiger partial charge in [0.2, 0.25) is 5.71 Å². The van der Waals surface area contributed by atoms with Crippen LogP contribution in [0.25, 0.3) is 94.4 Å². The zero-order valence-corrected chi connectivity index (χ0v) is 40.5. The van der Waals surface area contributed by atoms with Crippen molar-refractivity contribution >= 4 is 54.8 Å². The first-order valence-electron chi connectivity index (χ1n) is 23.8. The van der Waals surface area contributed by atoms with Crippen LogP contribution in [-0.4, -0.2) is 24.5 Å². The van der Waals surface area contributed by atoms with Crippen molar-refractivity contribution < 1.29 is 28.6 Å². The Labute approximate surface area is 404 Å². The van der Waals surface area contributed by atoms with Gasteiger partial charge in [0.1, 0.15) is 0 Å². The summed E-state index contributed by atoms with van der Waals surface area (Å²) in [5, 5.41) is 4.16. The van der Waals surface area contributed by atoms with Gasteiger partial charge in [0, 0.05) is 63.4 Å². The molecule has 0 fully saturated rings. The van der Waals surface area contributed by atoms with E-state index >= 15 is 0 Å². The van der Waals surface area contributed by atoms with Crippen molar-refractivity contribution in [2.75, 3.05) is 0 Å². The Hall–Kier alpha value is -6.79. The Balaban J connectivity index is 0.000000296. The maximum Gasteiger partial charge on any atom is 0.216 e. The molecule has 0 amide bonds. The van der Waals surface area contributed by atoms with Crippen LogP contribution in [0, 0.1) is 19.0 Å². The molecule has 0 atom stereocenters. The molecule has 6 nitrogen and oxygen atoms in total. The number of aromatic nitrogens is 5. The maximum absolute atomic E-state index is 8.10. The Morgan fingerprint density at radius 1 is 0.652 bits per heavy atom. The number of hydrogen-bond donors (Lipinski definition) is 0. The molecule has 329 valence electrons. The van der Waals surface area contributed by atoms with Crippen LogP contribution < -0.4 is 0 Å². The minimum atomic E-state index is -2.24. The van der Waals surface area contributed by atoms with Crippen molar-refractivity contribution in [2.45, 2.75) is 72.6 Å². The minimum Gasteiger partial charge on any atom is -0.486 e. The first-order valence-corrected chi connectivity index (χ1v) is 22.3. The van der Waals surface area contributed by atoms with E-state index in [1.54, 1.807) is 12.1 Å². The summed E-state index contributed by atoms with van der Waals surface area (Å²) >= 11 is 0. The van der Waals surface area contributed by atoms with E-state index in [2.05, 4.69) is 142 Å². The SMILES string of the molecule is CC(C)(C)c1ccnc(-c2[c-]cccc2)n1.[2H]C([2H])([2H])c1cccc2c1ccc1cc3c(nc12)oc1c(-c2nc4ccccc4n2-c2c(C(C)C)cc(-c4ccccc4)cc2C(C)C)[c-]ccc13.[Ir]. The minimum absolute atomic E-state index is 0. The Morgan fingerprint density at radius 2 is 1.41 bits per heavy atom. The molecule has 7 heteroatoms. The molecule has 1 radical (unpaired) electrons. The number of para-hydroxylation sites is 2. The molecule has 0 aliphatic rings. The standard InChI is InChI=1S/C45H36N3O.C14H15N2.Ir/c1-26(2)36-24-31(29-14-7-6-8-15-29)25-37(27(3)4)42(36)48-40-20-10-9-19-39(40)46-44(48)35-18-12-17-34-38-23-30-21-22-32-28(5)13-11-16-33(32)41(30)47-45(38)49-43(34)35;1-14(2,3)12-9-10-15-13(16-12)11-7-5-4-6-8-11;/h6-17,19-27H,1-5H3;4-7,9-10H,1-3H3;/q2*-1;/i5D3;;. The zero-order valence-electron chi connectivity index (χ0n) is 41.1. The Morgan fingerprint density at radius 3 is 2.14 bits per heavy atom. The summed E-state index contributed by atoms with van der Waals surface area (Å²) in [6.45, 7) is 13.2. The molecule has 7 aromatic carbocycles. The number of nitrogens with zero attached hydrogens (tertiary/aromatic N) is 5. The second-order valence-electron chi connectivity index (χ2n) is 18.3. The maximum atomic E-state index is 8.10. The topological polar surface area (TPSA) is 69.6 Å². The molecule has 11 aromatic rings. The van der Waals surface area contributed by atoms with Crippen molar-refractivity contribution in [3.63, 3.8) is 0 Å². The van der Waals surface area contributed by atoms with Gasteiger partial charge >= 0.3 is 0 Å². The van der Waals surface area contributed by atoms with Gasteiger partial charge in [0.05, 0.1) is 33.8 Å². The third-order valence-corrected chi connectivity index (χ3v) is 12.1. The predicted molar refractivity (Wildman–Crippen MR) is 269 cm³/mol. The summed E-state index contributed by atoms with van der Waals surface area (Å²) in [6.07, 6.45) is 1.81. The van der Waals surface area contributed by atoms with E-state index in [0.29, 0.717) is 27.8 Å². The van der Waals surface area contributed by atoms with Crippen molar-refractivity contribution in [1.29, 1.82) is 0 Å². The summed E-state index contributed by atoms with van der Waals surface area (Å²) in [5.74, 6) is 1.95. The van der Waals surface area contributed by atoms with E-state index in [0.717, 1.165) is 66.7 Å². The molecule has 0 spiro atoms. The van der Waals surface area contributed by atoms with E-state index in [1.165, 1.54) is 22.3 Å². The fourth-order valence-electron chi connectivity index (χ4n) is 8.79. The number of benzene rings is 7. The molecule has 66 heavy (non-hydrogen) atoms. The summed E-state index contributed by atoms with van der Waals surface area (Å²) in [7, 11) is 0. The molecule has 11 rings (SSSR count). The largest absolute Gasteiger partial charge is 0.486 e. The fourth-order valence-corrected chi connectivity index (χ4v) is 8.79. The molecule has 4 heterocycles. The molecule has 0 saturated carbocycles. The molecule has 0 unspecified atom stereocenters. The van der Waals surface area contributed by atoms with E-state index in [9.17, 15) is 0 Å². The van der Waals surface area contributed by atoms with Crippen molar-refractivity contribution in [3.8, 4) is 39.6 Å². The molecule has 4 aromatic heterocycles. The van der Waals surface area contributed by atoms with Gasteiger partial charge in [-0.15, -0.1) is 54.1 Å². The van der Waals surface area contributed by atoms with Crippen LogP contribution in [0.5, 0.6) is 0 Å². The number of hydrogen-bond acceptors (Lipinski definition) is 5. The smallest absolute Gasteiger partial charge is 0.216 e. The number of fused-ring (bicyclic) bond motifs is 7. The van der Waals surface area contributed by atoms with Crippen LogP contribution in [0.4, 0.5) is 0 Å². The van der Waals surface area contributed by atoms with Crippen LogP contribution in [0.1, 0.15) is 86.8 Å². The third-order valence-electron chi connectivity index (χ3n) is 12.1. The van der Waals surface area contributed by atoms with Gasteiger partial charge in [-0.25, -0.2) is 4.98 Å². The van der Waals surface area contributed by atoms with Gasteiger partial charge < -0.3 is 8.98 Å². The van der Waals surface area contributed by atoms with Gasteiger partial charge in [-0.1, -0.05) is 132 Å².